The molecule has 46 heavy (non-hydrogen) atoms. The van der Waals surface area contributed by atoms with Gasteiger partial charge in [-0.1, -0.05) is 36.8 Å². The summed E-state index contributed by atoms with van der Waals surface area (Å²) >= 11 is 0. The number of hydrogen-bond donors (Lipinski definition) is 3. The number of anilines is 2. The number of fused-ring (bicyclic) bond motifs is 1. The van der Waals surface area contributed by atoms with E-state index in [1.807, 2.05) is 30.3 Å². The first kappa shape index (κ1) is 31.3. The van der Waals surface area contributed by atoms with Gasteiger partial charge in [0.1, 0.15) is 0 Å². The summed E-state index contributed by atoms with van der Waals surface area (Å²) in [5.41, 5.74) is 1.80. The molecule has 17 nitrogen and oxygen atoms in total. The topological polar surface area (TPSA) is 197 Å². The van der Waals surface area contributed by atoms with Crippen molar-refractivity contribution in [1.82, 2.24) is 44.6 Å². The number of carbonyl (C=O) groups is 2. The molecule has 2 aliphatic heterocycles. The molecule has 2 aliphatic rings. The molecule has 0 saturated carbocycles. The van der Waals surface area contributed by atoms with Crippen molar-refractivity contribution in [2.45, 2.75) is 56.3 Å². The maximum Gasteiger partial charge on any atom is 0.293 e. The van der Waals surface area contributed by atoms with Crippen molar-refractivity contribution in [3.05, 3.63) is 48.0 Å². The van der Waals surface area contributed by atoms with Crippen LogP contribution < -0.4 is 10.6 Å². The Morgan fingerprint density at radius 1 is 1.09 bits per heavy atom. The van der Waals surface area contributed by atoms with Crippen molar-refractivity contribution in [3.63, 3.8) is 0 Å². The van der Waals surface area contributed by atoms with Gasteiger partial charge in [0, 0.05) is 13.1 Å². The van der Waals surface area contributed by atoms with Crippen molar-refractivity contribution < 1.29 is 28.9 Å². The van der Waals surface area contributed by atoms with Crippen LogP contribution in [0.1, 0.15) is 43.0 Å². The van der Waals surface area contributed by atoms with E-state index in [9.17, 15) is 14.7 Å². The summed E-state index contributed by atoms with van der Waals surface area (Å²) in [6.07, 6.45) is 1.44. The van der Waals surface area contributed by atoms with Crippen LogP contribution in [0.5, 0.6) is 0 Å². The Morgan fingerprint density at radius 3 is 2.59 bits per heavy atom. The monoisotopic (exact) mass is 635 g/mol. The number of nitrogens with one attached hydrogen (secondary N) is 2. The van der Waals surface area contributed by atoms with E-state index in [2.05, 4.69) is 35.9 Å². The molecule has 0 bridgehead atoms. The second-order valence-corrected chi connectivity index (χ2v) is 11.2. The van der Waals surface area contributed by atoms with Crippen LogP contribution >= 0.6 is 0 Å². The van der Waals surface area contributed by atoms with E-state index in [4.69, 9.17) is 24.2 Å². The fraction of sp³-hybridized carbons (Fsp3) is 0.517. The Morgan fingerprint density at radius 2 is 1.87 bits per heavy atom. The van der Waals surface area contributed by atoms with Crippen LogP contribution in [-0.2, 0) is 37.3 Å². The summed E-state index contributed by atoms with van der Waals surface area (Å²) in [4.78, 5) is 40.9. The first-order valence-electron chi connectivity index (χ1n) is 15.3. The van der Waals surface area contributed by atoms with E-state index in [0.717, 1.165) is 25.2 Å². The highest BCUT2D eigenvalue weighted by Crippen LogP contribution is 2.42. The third-order valence-electron chi connectivity index (χ3n) is 8.13. The molecule has 6 rings (SSSR count). The van der Waals surface area contributed by atoms with Crippen LogP contribution in [0.2, 0.25) is 0 Å². The first-order chi connectivity index (χ1) is 22.6. The summed E-state index contributed by atoms with van der Waals surface area (Å²) in [5, 5.41) is 29.1. The number of benzene rings is 1. The third-order valence-corrected chi connectivity index (χ3v) is 8.13. The lowest BCUT2D eigenvalue weighted by atomic mass is 10.1. The maximum atomic E-state index is 11.6. The molecular weight excluding hydrogens is 598 g/mol. The van der Waals surface area contributed by atoms with Gasteiger partial charge in [0.05, 0.1) is 26.0 Å². The van der Waals surface area contributed by atoms with Gasteiger partial charge in [-0.15, -0.1) is 10.2 Å². The average Bonchev–Trinajstić information content (AvgIpc) is 3.79. The van der Waals surface area contributed by atoms with Crippen molar-refractivity contribution in [2.24, 2.45) is 7.05 Å². The number of carbonyl (C=O) groups excluding carboxylic acids is 2. The first-order valence-corrected chi connectivity index (χ1v) is 15.3. The minimum Gasteiger partial charge on any atom is -0.457 e. The zero-order valence-electron chi connectivity index (χ0n) is 25.4. The van der Waals surface area contributed by atoms with Crippen molar-refractivity contribution in [3.8, 4) is 0 Å². The van der Waals surface area contributed by atoms with Crippen LogP contribution in [0.4, 0.5) is 11.8 Å². The zero-order valence-corrected chi connectivity index (χ0v) is 25.4. The van der Waals surface area contributed by atoms with Gasteiger partial charge in [0.15, 0.2) is 41.5 Å². The predicted octanol–water partition coefficient (Wildman–Crippen LogP) is 0.616. The summed E-state index contributed by atoms with van der Waals surface area (Å²) in [7, 11) is 1.59. The van der Waals surface area contributed by atoms with Crippen LogP contribution in [0.3, 0.4) is 0 Å². The fourth-order valence-electron chi connectivity index (χ4n) is 5.95. The number of aryl methyl sites for hydroxylation is 1. The van der Waals surface area contributed by atoms with E-state index < -0.39 is 24.5 Å². The number of likely N-dealkylation sites (tertiary alicyclic amines) is 1. The second kappa shape index (κ2) is 14.6. The molecule has 4 aromatic rings. The van der Waals surface area contributed by atoms with Gasteiger partial charge < -0.3 is 34.9 Å². The van der Waals surface area contributed by atoms with E-state index in [1.54, 1.807) is 11.6 Å². The molecule has 0 unspecified atom stereocenters. The van der Waals surface area contributed by atoms with Gasteiger partial charge in [0.25, 0.3) is 12.9 Å². The Hall–Kier alpha value is -4.74. The van der Waals surface area contributed by atoms with Crippen LogP contribution in [0.25, 0.3) is 11.2 Å². The van der Waals surface area contributed by atoms with E-state index >= 15 is 0 Å². The summed E-state index contributed by atoms with van der Waals surface area (Å²) in [6.45, 7) is 3.91. The van der Waals surface area contributed by atoms with Gasteiger partial charge in [-0.05, 0) is 43.1 Å². The Bertz CT molecular complexity index is 1600. The van der Waals surface area contributed by atoms with E-state index in [1.165, 1.54) is 30.4 Å². The summed E-state index contributed by atoms with van der Waals surface area (Å²) in [5.74, 6) is 0.881. The molecule has 3 aromatic heterocycles. The number of piperidine rings is 1. The molecule has 0 aliphatic carbocycles. The molecule has 17 heteroatoms. The highest BCUT2D eigenvalue weighted by molar-refractivity contribution is 5.84. The number of aromatic nitrogens is 8. The highest BCUT2D eigenvalue weighted by Gasteiger charge is 2.52. The smallest absolute Gasteiger partial charge is 0.293 e. The standard InChI is InChI=1S/C29H37N11O6/c1-38-36-26(35-37-38)23-22(44-17-42)24(45-18-43)28(46-23)40-16-31-21-25(32-20(15-41)14-19-8-4-2-5-9-19)33-29(34-27(21)40)30-10-13-39-11-6-3-7-12-39/h2,4-5,8-9,16-18,20,22-24,28,41H,3,6-7,10-15H2,1H3,(H2,30,32,33,34)/t20-,22+,23-,24+,28+/m0/s1. The Labute approximate surface area is 264 Å². The quantitative estimate of drug-likeness (QED) is 0.154. The van der Waals surface area contributed by atoms with Gasteiger partial charge in [-0.25, -0.2) is 4.98 Å². The normalized spacial score (nSPS) is 22.4. The van der Waals surface area contributed by atoms with Gasteiger partial charge in [-0.2, -0.15) is 14.8 Å². The molecule has 0 spiro atoms. The molecule has 5 atom stereocenters. The Balaban J connectivity index is 1.34. The third kappa shape index (κ3) is 6.90. The number of hydrogen-bond acceptors (Lipinski definition) is 15. The molecule has 5 heterocycles. The highest BCUT2D eigenvalue weighted by atomic mass is 16.6. The SMILES string of the molecule is Cn1nnc([C@H]2O[C@@H](n3cnc4c(N[C@H](CO)Cc5ccccc5)nc(NCCN5CCCCC5)nc43)[C@H](OC=O)[C@@H]2OC=O)n1. The van der Waals surface area contributed by atoms with Crippen molar-refractivity contribution >= 4 is 35.9 Å². The van der Waals surface area contributed by atoms with Crippen LogP contribution in [-0.4, -0.2) is 114 Å². The van der Waals surface area contributed by atoms with Gasteiger partial charge in [0.2, 0.25) is 11.8 Å². The molecule has 3 N–H and O–H groups in total. The number of aliphatic hydroxyl groups excluding tert-OH is 1. The number of ether oxygens (including phenoxy) is 3. The largest absolute Gasteiger partial charge is 0.457 e. The minimum absolute atomic E-state index is 0.143. The molecule has 2 fully saturated rings. The second-order valence-electron chi connectivity index (χ2n) is 11.2. The lowest BCUT2D eigenvalue weighted by molar-refractivity contribution is -0.151. The average molecular weight is 636 g/mol. The van der Waals surface area contributed by atoms with Crippen molar-refractivity contribution in [2.75, 3.05) is 43.4 Å². The summed E-state index contributed by atoms with van der Waals surface area (Å²) in [6, 6.07) is 9.45. The number of imidazole rings is 1. The molecule has 2 saturated heterocycles. The van der Waals surface area contributed by atoms with E-state index in [0.29, 0.717) is 35.9 Å². The van der Waals surface area contributed by atoms with Gasteiger partial charge >= 0.3 is 0 Å². The maximum absolute atomic E-state index is 11.6. The van der Waals surface area contributed by atoms with Crippen LogP contribution in [0, 0.1) is 0 Å². The Kier molecular flexibility index (Phi) is 9.90. The zero-order chi connectivity index (χ0) is 31.9. The molecule has 1 aromatic carbocycles. The van der Waals surface area contributed by atoms with Crippen molar-refractivity contribution in [1.29, 1.82) is 0 Å². The van der Waals surface area contributed by atoms with Gasteiger partial charge in [-0.3, -0.25) is 14.2 Å². The lowest BCUT2D eigenvalue weighted by Gasteiger charge is -2.26. The molecule has 0 radical (unpaired) electrons. The summed E-state index contributed by atoms with van der Waals surface area (Å²) < 4.78 is 18.6. The molecule has 0 amide bonds. The number of tetrazole rings is 1. The number of rotatable bonds is 15. The number of nitrogens with zero attached hydrogens (tertiary/aromatic N) is 9. The van der Waals surface area contributed by atoms with E-state index in [-0.39, 0.29) is 31.4 Å². The lowest BCUT2D eigenvalue weighted by Crippen LogP contribution is -2.34. The molecular formula is C29H37N11O6. The molecule has 244 valence electrons. The predicted molar refractivity (Wildman–Crippen MR) is 162 cm³/mol. The fourth-order valence-corrected chi connectivity index (χ4v) is 5.95. The number of aliphatic hydroxyl groups is 1. The minimum atomic E-state index is -1.10. The van der Waals surface area contributed by atoms with Crippen LogP contribution in [0.15, 0.2) is 36.7 Å².